The monoisotopic (exact) mass is 250 g/mol. The Labute approximate surface area is 105 Å². The molecule has 2 aromatic rings. The van der Waals surface area contributed by atoms with Crippen LogP contribution in [0.2, 0.25) is 5.02 Å². The lowest BCUT2D eigenvalue weighted by Gasteiger charge is -2.12. The molecule has 1 aromatic carbocycles. The first kappa shape index (κ1) is 11.9. The van der Waals surface area contributed by atoms with Crippen molar-refractivity contribution in [3.05, 3.63) is 29.0 Å². The Morgan fingerprint density at radius 1 is 1.29 bits per heavy atom. The zero-order valence-electron chi connectivity index (χ0n) is 10.1. The molecular weight excluding hydrogens is 236 g/mol. The van der Waals surface area contributed by atoms with E-state index < -0.39 is 0 Å². The van der Waals surface area contributed by atoms with Gasteiger partial charge in [-0.1, -0.05) is 11.6 Å². The van der Waals surface area contributed by atoms with E-state index in [0.29, 0.717) is 16.8 Å². The van der Waals surface area contributed by atoms with Crippen LogP contribution < -0.4 is 5.73 Å². The zero-order chi connectivity index (χ0) is 12.6. The fourth-order valence-electron chi connectivity index (χ4n) is 1.87. The van der Waals surface area contributed by atoms with Crippen LogP contribution in [0.5, 0.6) is 0 Å². The van der Waals surface area contributed by atoms with E-state index in [2.05, 4.69) is 28.6 Å². The van der Waals surface area contributed by atoms with Crippen molar-refractivity contribution in [1.29, 1.82) is 0 Å². The molecule has 0 atom stereocenters. The Bertz CT molecular complexity index is 545. The second-order valence-corrected chi connectivity index (χ2v) is 4.68. The van der Waals surface area contributed by atoms with Gasteiger partial charge in [0.25, 0.3) is 0 Å². The van der Waals surface area contributed by atoms with E-state index in [1.54, 1.807) is 6.07 Å². The topological polar surface area (TPSA) is 56.7 Å². The molecule has 0 saturated carbocycles. The number of aromatic nitrogens is 3. The van der Waals surface area contributed by atoms with Gasteiger partial charge in [0.05, 0.1) is 10.7 Å². The summed E-state index contributed by atoms with van der Waals surface area (Å²) in [6, 6.07) is 5.81. The standard InChI is InChI=1S/C12H15ClN4/c1-7(2)17-8(3)15-16-12(17)9-4-5-10(13)11(14)6-9/h4-7H,14H2,1-3H3. The van der Waals surface area contributed by atoms with Gasteiger partial charge < -0.3 is 10.3 Å². The normalized spacial score (nSPS) is 11.1. The number of rotatable bonds is 2. The summed E-state index contributed by atoms with van der Waals surface area (Å²) in [5.41, 5.74) is 7.29. The molecule has 0 spiro atoms. The van der Waals surface area contributed by atoms with Gasteiger partial charge in [-0.2, -0.15) is 0 Å². The third kappa shape index (κ3) is 2.13. The van der Waals surface area contributed by atoms with Gasteiger partial charge in [-0.15, -0.1) is 10.2 Å². The smallest absolute Gasteiger partial charge is 0.164 e. The second-order valence-electron chi connectivity index (χ2n) is 4.27. The number of nitrogens with two attached hydrogens (primary N) is 1. The van der Waals surface area contributed by atoms with Crippen LogP contribution in [0.25, 0.3) is 11.4 Å². The maximum atomic E-state index is 5.91. The molecule has 0 unspecified atom stereocenters. The van der Waals surface area contributed by atoms with Crippen LogP contribution >= 0.6 is 11.6 Å². The molecule has 1 heterocycles. The van der Waals surface area contributed by atoms with E-state index in [-0.39, 0.29) is 0 Å². The summed E-state index contributed by atoms with van der Waals surface area (Å²) in [5, 5.41) is 8.85. The zero-order valence-corrected chi connectivity index (χ0v) is 10.9. The van der Waals surface area contributed by atoms with Crippen LogP contribution in [0, 0.1) is 6.92 Å². The van der Waals surface area contributed by atoms with E-state index in [9.17, 15) is 0 Å². The highest BCUT2D eigenvalue weighted by atomic mass is 35.5. The maximum absolute atomic E-state index is 5.91. The average Bonchev–Trinajstić information content (AvgIpc) is 2.64. The number of nitrogen functional groups attached to an aromatic ring is 1. The molecule has 0 bridgehead atoms. The molecule has 0 aliphatic rings. The Morgan fingerprint density at radius 3 is 2.59 bits per heavy atom. The molecule has 2 N–H and O–H groups in total. The molecule has 17 heavy (non-hydrogen) atoms. The molecule has 0 radical (unpaired) electrons. The third-order valence-electron chi connectivity index (χ3n) is 2.64. The Kier molecular flexibility index (Phi) is 3.07. The summed E-state index contributed by atoms with van der Waals surface area (Å²) in [4.78, 5) is 0. The minimum atomic E-state index is 0.303. The third-order valence-corrected chi connectivity index (χ3v) is 2.98. The van der Waals surface area contributed by atoms with Gasteiger partial charge in [0.1, 0.15) is 5.82 Å². The van der Waals surface area contributed by atoms with Crippen molar-refractivity contribution in [3.63, 3.8) is 0 Å². The summed E-state index contributed by atoms with van der Waals surface area (Å²) >= 11 is 5.91. The first-order valence-corrected chi connectivity index (χ1v) is 5.85. The molecular formula is C12H15ClN4. The minimum absolute atomic E-state index is 0.303. The van der Waals surface area contributed by atoms with Gasteiger partial charge in [0, 0.05) is 11.6 Å². The molecule has 90 valence electrons. The van der Waals surface area contributed by atoms with Crippen molar-refractivity contribution in [2.24, 2.45) is 0 Å². The molecule has 4 nitrogen and oxygen atoms in total. The van der Waals surface area contributed by atoms with E-state index in [1.807, 2.05) is 19.1 Å². The van der Waals surface area contributed by atoms with Gasteiger partial charge >= 0.3 is 0 Å². The largest absolute Gasteiger partial charge is 0.398 e. The fourth-order valence-corrected chi connectivity index (χ4v) is 1.98. The Morgan fingerprint density at radius 2 is 2.00 bits per heavy atom. The second kappa shape index (κ2) is 4.37. The summed E-state index contributed by atoms with van der Waals surface area (Å²) in [5.74, 6) is 1.71. The lowest BCUT2D eigenvalue weighted by atomic mass is 10.2. The number of nitrogens with zero attached hydrogens (tertiary/aromatic N) is 3. The predicted octanol–water partition coefficient (Wildman–Crippen LogP) is 3.07. The van der Waals surface area contributed by atoms with Crippen molar-refractivity contribution in [3.8, 4) is 11.4 Å². The van der Waals surface area contributed by atoms with Gasteiger partial charge in [-0.25, -0.2) is 0 Å². The molecule has 1 aromatic heterocycles. The molecule has 0 amide bonds. The Hall–Kier alpha value is -1.55. The first-order chi connectivity index (χ1) is 8.00. The maximum Gasteiger partial charge on any atom is 0.164 e. The summed E-state index contributed by atoms with van der Waals surface area (Å²) in [6.07, 6.45) is 0. The molecule has 0 saturated heterocycles. The molecule has 0 aliphatic carbocycles. The molecule has 5 heteroatoms. The van der Waals surface area contributed by atoms with Gasteiger partial charge in [0.2, 0.25) is 0 Å². The van der Waals surface area contributed by atoms with Crippen LogP contribution in [-0.2, 0) is 0 Å². The lowest BCUT2D eigenvalue weighted by molar-refractivity contribution is 0.587. The van der Waals surface area contributed by atoms with Crippen molar-refractivity contribution in [2.45, 2.75) is 26.8 Å². The highest BCUT2D eigenvalue weighted by Gasteiger charge is 2.14. The van der Waals surface area contributed by atoms with Crippen LogP contribution in [0.15, 0.2) is 18.2 Å². The molecule has 0 fully saturated rings. The van der Waals surface area contributed by atoms with Crippen molar-refractivity contribution >= 4 is 17.3 Å². The van der Waals surface area contributed by atoms with Crippen LogP contribution in [-0.4, -0.2) is 14.8 Å². The number of anilines is 1. The number of benzene rings is 1. The van der Waals surface area contributed by atoms with Crippen LogP contribution in [0.3, 0.4) is 0 Å². The number of hydrogen-bond acceptors (Lipinski definition) is 3. The van der Waals surface area contributed by atoms with Crippen molar-refractivity contribution in [2.75, 3.05) is 5.73 Å². The van der Waals surface area contributed by atoms with E-state index in [1.165, 1.54) is 0 Å². The SMILES string of the molecule is Cc1nnc(-c2ccc(Cl)c(N)c2)n1C(C)C. The first-order valence-electron chi connectivity index (χ1n) is 5.47. The van der Waals surface area contributed by atoms with Gasteiger partial charge in [0.15, 0.2) is 5.82 Å². The van der Waals surface area contributed by atoms with Crippen LogP contribution in [0.4, 0.5) is 5.69 Å². The molecule has 2 rings (SSSR count). The van der Waals surface area contributed by atoms with E-state index in [4.69, 9.17) is 17.3 Å². The van der Waals surface area contributed by atoms with Gasteiger partial charge in [-0.3, -0.25) is 0 Å². The van der Waals surface area contributed by atoms with Crippen LogP contribution in [0.1, 0.15) is 25.7 Å². The minimum Gasteiger partial charge on any atom is -0.398 e. The summed E-state index contributed by atoms with van der Waals surface area (Å²) in [7, 11) is 0. The van der Waals surface area contributed by atoms with Crippen molar-refractivity contribution in [1.82, 2.24) is 14.8 Å². The summed E-state index contributed by atoms with van der Waals surface area (Å²) in [6.45, 7) is 6.13. The number of halogens is 1. The lowest BCUT2D eigenvalue weighted by Crippen LogP contribution is -2.05. The highest BCUT2D eigenvalue weighted by Crippen LogP contribution is 2.27. The average molecular weight is 251 g/mol. The Balaban J connectivity index is 2.56. The number of aryl methyl sites for hydroxylation is 1. The quantitative estimate of drug-likeness (QED) is 0.834. The van der Waals surface area contributed by atoms with E-state index in [0.717, 1.165) is 17.2 Å². The van der Waals surface area contributed by atoms with E-state index >= 15 is 0 Å². The van der Waals surface area contributed by atoms with Gasteiger partial charge in [-0.05, 0) is 39.0 Å². The van der Waals surface area contributed by atoms with Crippen molar-refractivity contribution < 1.29 is 0 Å². The highest BCUT2D eigenvalue weighted by molar-refractivity contribution is 6.33. The molecule has 0 aliphatic heterocycles. The predicted molar refractivity (Wildman–Crippen MR) is 70.0 cm³/mol. The summed E-state index contributed by atoms with van der Waals surface area (Å²) < 4.78 is 2.07. The fraction of sp³-hybridized carbons (Fsp3) is 0.333. The number of hydrogen-bond donors (Lipinski definition) is 1.